The lowest BCUT2D eigenvalue weighted by Crippen LogP contribution is -2.39. The number of aryl methyl sites for hydroxylation is 1. The van der Waals surface area contributed by atoms with Crippen molar-refractivity contribution in [1.82, 2.24) is 5.32 Å². The van der Waals surface area contributed by atoms with E-state index in [1.54, 1.807) is 7.11 Å². The second-order valence-corrected chi connectivity index (χ2v) is 5.84. The molecule has 0 fully saturated rings. The van der Waals surface area contributed by atoms with Crippen LogP contribution >= 0.6 is 0 Å². The number of benzene rings is 1. The molecule has 0 amide bonds. The Morgan fingerprint density at radius 3 is 2.85 bits per heavy atom. The van der Waals surface area contributed by atoms with Crippen LogP contribution in [0.3, 0.4) is 0 Å². The van der Waals surface area contributed by atoms with E-state index in [1.807, 2.05) is 26.0 Å². The average Bonchev–Trinajstić information content (AvgIpc) is 2.79. The fourth-order valence-corrected chi connectivity index (χ4v) is 2.83. The predicted octanol–water partition coefficient (Wildman–Crippen LogP) is 2.77. The Hall–Kier alpha value is -1.55. The van der Waals surface area contributed by atoms with Crippen LogP contribution in [-0.2, 0) is 11.2 Å². The predicted molar refractivity (Wildman–Crippen MR) is 78.1 cm³/mol. The van der Waals surface area contributed by atoms with Crippen molar-refractivity contribution < 1.29 is 14.6 Å². The first kappa shape index (κ1) is 14.9. The van der Waals surface area contributed by atoms with Gasteiger partial charge in [-0.3, -0.25) is 10.1 Å². The Kier molecular flexibility index (Phi) is 4.65. The van der Waals surface area contributed by atoms with Crippen molar-refractivity contribution >= 4 is 5.97 Å². The summed E-state index contributed by atoms with van der Waals surface area (Å²) >= 11 is 0. The lowest BCUT2D eigenvalue weighted by atomic mass is 10.0. The molecule has 0 bridgehead atoms. The highest BCUT2D eigenvalue weighted by atomic mass is 16.5. The van der Waals surface area contributed by atoms with E-state index in [1.165, 1.54) is 11.1 Å². The molecule has 2 rings (SSSR count). The molecule has 4 heteroatoms. The van der Waals surface area contributed by atoms with E-state index >= 15 is 0 Å². The molecular formula is C16H23NO3. The van der Waals surface area contributed by atoms with E-state index in [9.17, 15) is 9.90 Å². The van der Waals surface area contributed by atoms with Crippen LogP contribution in [0.5, 0.6) is 5.75 Å². The zero-order chi connectivity index (χ0) is 14.7. The number of carboxylic acid groups (broad SMARTS) is 1. The van der Waals surface area contributed by atoms with E-state index in [0.717, 1.165) is 18.6 Å². The van der Waals surface area contributed by atoms with E-state index in [4.69, 9.17) is 4.74 Å². The number of nitrogens with one attached hydrogen (secondary N) is 1. The third kappa shape index (κ3) is 3.31. The summed E-state index contributed by atoms with van der Waals surface area (Å²) in [4.78, 5) is 11.4. The van der Waals surface area contributed by atoms with Gasteiger partial charge in [0, 0.05) is 6.04 Å². The van der Waals surface area contributed by atoms with Crippen molar-refractivity contribution in [3.63, 3.8) is 0 Å². The highest BCUT2D eigenvalue weighted by molar-refractivity contribution is 5.73. The number of methoxy groups -OCH3 is 1. The molecule has 1 aromatic carbocycles. The SMILES string of the molecule is COc1ccc2c(c1)C(NC(CC(C)C)C(=O)O)CC2. The minimum atomic E-state index is -0.768. The van der Waals surface area contributed by atoms with Gasteiger partial charge in [-0.2, -0.15) is 0 Å². The van der Waals surface area contributed by atoms with Crippen LogP contribution in [0.1, 0.15) is 43.9 Å². The molecule has 1 aliphatic rings. The Labute approximate surface area is 120 Å². The fraction of sp³-hybridized carbons (Fsp3) is 0.562. The number of hydrogen-bond donors (Lipinski definition) is 2. The van der Waals surface area contributed by atoms with Crippen molar-refractivity contribution in [3.8, 4) is 5.75 Å². The van der Waals surface area contributed by atoms with Crippen LogP contribution in [0.25, 0.3) is 0 Å². The first-order valence-corrected chi connectivity index (χ1v) is 7.17. The number of hydrogen-bond acceptors (Lipinski definition) is 3. The Morgan fingerprint density at radius 1 is 1.50 bits per heavy atom. The maximum Gasteiger partial charge on any atom is 0.320 e. The zero-order valence-electron chi connectivity index (χ0n) is 12.3. The van der Waals surface area contributed by atoms with Gasteiger partial charge in [-0.1, -0.05) is 19.9 Å². The van der Waals surface area contributed by atoms with E-state index < -0.39 is 12.0 Å². The van der Waals surface area contributed by atoms with Crippen molar-refractivity contribution in [3.05, 3.63) is 29.3 Å². The molecule has 20 heavy (non-hydrogen) atoms. The maximum atomic E-state index is 11.4. The van der Waals surface area contributed by atoms with Crippen molar-refractivity contribution in [2.24, 2.45) is 5.92 Å². The lowest BCUT2D eigenvalue weighted by molar-refractivity contribution is -0.140. The van der Waals surface area contributed by atoms with Gasteiger partial charge in [0.05, 0.1) is 7.11 Å². The Morgan fingerprint density at radius 2 is 2.25 bits per heavy atom. The lowest BCUT2D eigenvalue weighted by Gasteiger charge is -2.22. The zero-order valence-corrected chi connectivity index (χ0v) is 12.3. The quantitative estimate of drug-likeness (QED) is 0.839. The van der Waals surface area contributed by atoms with E-state index in [0.29, 0.717) is 12.3 Å². The fourth-order valence-electron chi connectivity index (χ4n) is 2.83. The molecule has 0 aromatic heterocycles. The van der Waals surface area contributed by atoms with Crippen LogP contribution in [0.15, 0.2) is 18.2 Å². The van der Waals surface area contributed by atoms with Crippen LogP contribution in [0.4, 0.5) is 0 Å². The molecule has 1 aliphatic carbocycles. The van der Waals surface area contributed by atoms with Gasteiger partial charge in [-0.05, 0) is 48.4 Å². The molecule has 4 nitrogen and oxygen atoms in total. The minimum absolute atomic E-state index is 0.111. The number of carboxylic acids is 1. The highest BCUT2D eigenvalue weighted by Crippen LogP contribution is 2.34. The molecule has 0 aliphatic heterocycles. The number of fused-ring (bicyclic) bond motifs is 1. The molecule has 0 spiro atoms. The number of aliphatic carboxylic acids is 1. The summed E-state index contributed by atoms with van der Waals surface area (Å²) < 4.78 is 5.26. The summed E-state index contributed by atoms with van der Waals surface area (Å²) in [6, 6.07) is 5.68. The Balaban J connectivity index is 2.14. The average molecular weight is 277 g/mol. The van der Waals surface area contributed by atoms with Crippen LogP contribution in [0.2, 0.25) is 0 Å². The summed E-state index contributed by atoms with van der Waals surface area (Å²) in [6.07, 6.45) is 2.58. The third-order valence-electron chi connectivity index (χ3n) is 3.84. The van der Waals surface area contributed by atoms with Gasteiger partial charge < -0.3 is 9.84 Å². The summed E-state index contributed by atoms with van der Waals surface area (Å²) in [5.41, 5.74) is 2.47. The maximum absolute atomic E-state index is 11.4. The summed E-state index contributed by atoms with van der Waals surface area (Å²) in [5, 5.41) is 12.6. The molecule has 0 radical (unpaired) electrons. The minimum Gasteiger partial charge on any atom is -0.497 e. The van der Waals surface area contributed by atoms with Gasteiger partial charge in [0.25, 0.3) is 0 Å². The van der Waals surface area contributed by atoms with Gasteiger partial charge in [0.15, 0.2) is 0 Å². The summed E-state index contributed by atoms with van der Waals surface area (Å²) in [7, 11) is 1.65. The summed E-state index contributed by atoms with van der Waals surface area (Å²) in [6.45, 7) is 4.09. The Bertz CT molecular complexity index is 485. The first-order valence-electron chi connectivity index (χ1n) is 7.17. The van der Waals surface area contributed by atoms with Crippen molar-refractivity contribution in [1.29, 1.82) is 0 Å². The van der Waals surface area contributed by atoms with Gasteiger partial charge >= 0.3 is 5.97 Å². The largest absolute Gasteiger partial charge is 0.497 e. The van der Waals surface area contributed by atoms with Crippen molar-refractivity contribution in [2.45, 2.75) is 45.2 Å². The smallest absolute Gasteiger partial charge is 0.320 e. The molecule has 1 aromatic rings. The topological polar surface area (TPSA) is 58.6 Å². The molecule has 0 saturated heterocycles. The van der Waals surface area contributed by atoms with Crippen LogP contribution in [-0.4, -0.2) is 24.2 Å². The molecule has 110 valence electrons. The number of carbonyl (C=O) groups is 1. The molecular weight excluding hydrogens is 254 g/mol. The van der Waals surface area contributed by atoms with Crippen LogP contribution < -0.4 is 10.1 Å². The molecule has 2 unspecified atom stereocenters. The number of rotatable bonds is 6. The van der Waals surface area contributed by atoms with E-state index in [-0.39, 0.29) is 6.04 Å². The van der Waals surface area contributed by atoms with Crippen LogP contribution in [0, 0.1) is 5.92 Å². The van der Waals surface area contributed by atoms with E-state index in [2.05, 4.69) is 11.4 Å². The van der Waals surface area contributed by atoms with Gasteiger partial charge in [-0.25, -0.2) is 0 Å². The first-order chi connectivity index (χ1) is 9.51. The highest BCUT2D eigenvalue weighted by Gasteiger charge is 2.28. The third-order valence-corrected chi connectivity index (χ3v) is 3.84. The second-order valence-electron chi connectivity index (χ2n) is 5.84. The van der Waals surface area contributed by atoms with Crippen molar-refractivity contribution in [2.75, 3.05) is 7.11 Å². The number of ether oxygens (including phenoxy) is 1. The monoisotopic (exact) mass is 277 g/mol. The molecule has 0 heterocycles. The molecule has 0 saturated carbocycles. The molecule has 2 N–H and O–H groups in total. The van der Waals surface area contributed by atoms with Gasteiger partial charge in [-0.15, -0.1) is 0 Å². The van der Waals surface area contributed by atoms with Gasteiger partial charge in [0.2, 0.25) is 0 Å². The molecule has 2 atom stereocenters. The van der Waals surface area contributed by atoms with Gasteiger partial charge in [0.1, 0.15) is 11.8 Å². The second kappa shape index (κ2) is 6.27. The summed E-state index contributed by atoms with van der Waals surface area (Å²) in [5.74, 6) is 0.415. The standard InChI is InChI=1S/C16H23NO3/c1-10(2)8-15(16(18)19)17-14-7-5-11-4-6-12(20-3)9-13(11)14/h4,6,9-10,14-15,17H,5,7-8H2,1-3H3,(H,18,19). The normalized spacial score (nSPS) is 18.9.